The number of benzene rings is 2. The fourth-order valence-corrected chi connectivity index (χ4v) is 6.26. The van der Waals surface area contributed by atoms with Crippen molar-refractivity contribution in [3.63, 3.8) is 0 Å². The quantitative estimate of drug-likeness (QED) is 0.155. The predicted molar refractivity (Wildman–Crippen MR) is 181 cm³/mol. The first-order chi connectivity index (χ1) is 22.2. The number of carbonyl (C=O) groups is 1. The topological polar surface area (TPSA) is 140 Å². The van der Waals surface area contributed by atoms with E-state index in [1.54, 1.807) is 35.0 Å². The van der Waals surface area contributed by atoms with Crippen LogP contribution in [0.3, 0.4) is 0 Å². The second kappa shape index (κ2) is 14.5. The molecule has 1 fully saturated rings. The molecule has 0 aliphatic carbocycles. The zero-order chi connectivity index (χ0) is 32.8. The highest BCUT2D eigenvalue weighted by atomic mass is 35.5. The molecule has 1 aliphatic heterocycles. The van der Waals surface area contributed by atoms with Gasteiger partial charge in [0.15, 0.2) is 0 Å². The molecule has 4 N–H and O–H groups in total. The zero-order valence-electron chi connectivity index (χ0n) is 25.7. The number of aryl methyl sites for hydroxylation is 2. The van der Waals surface area contributed by atoms with Crippen LogP contribution in [-0.4, -0.2) is 66.0 Å². The average molecular weight is 668 g/mol. The summed E-state index contributed by atoms with van der Waals surface area (Å²) in [5.41, 5.74) is 1.85. The van der Waals surface area contributed by atoms with Crippen molar-refractivity contribution in [1.29, 1.82) is 0 Å². The van der Waals surface area contributed by atoms with E-state index in [0.29, 0.717) is 47.1 Å². The number of hydrogen-bond acceptors (Lipinski definition) is 9. The number of hydrogen-bond donors (Lipinski definition) is 4. The Hall–Kier alpha value is -4.16. The van der Waals surface area contributed by atoms with Crippen molar-refractivity contribution in [3.8, 4) is 22.6 Å². The summed E-state index contributed by atoms with van der Waals surface area (Å²) in [6.07, 6.45) is 4.97. The maximum Gasteiger partial charge on any atom is 0.260 e. The normalized spacial score (nSPS) is 14.1. The maximum absolute atomic E-state index is 14.3. The minimum atomic E-state index is -0.365. The number of amides is 1. The summed E-state index contributed by atoms with van der Waals surface area (Å²) >= 11 is 13.5. The van der Waals surface area contributed by atoms with E-state index in [-0.39, 0.29) is 51.2 Å². The lowest BCUT2D eigenvalue weighted by molar-refractivity contribution is -0.111. The van der Waals surface area contributed by atoms with E-state index in [4.69, 9.17) is 37.7 Å². The lowest BCUT2D eigenvalue weighted by Gasteiger charge is -2.36. The van der Waals surface area contributed by atoms with E-state index in [1.807, 2.05) is 12.1 Å². The molecule has 0 saturated carbocycles. The second-order valence-corrected chi connectivity index (χ2v) is 11.9. The molecule has 0 spiro atoms. The number of pyridine rings is 1. The molecule has 2 aromatic carbocycles. The van der Waals surface area contributed by atoms with Gasteiger partial charge in [0.25, 0.3) is 5.56 Å². The molecule has 0 radical (unpaired) electrons. The molecule has 0 bridgehead atoms. The van der Waals surface area contributed by atoms with Gasteiger partial charge in [-0.25, -0.2) is 4.98 Å². The van der Waals surface area contributed by atoms with Crippen LogP contribution in [0.25, 0.3) is 22.2 Å². The van der Waals surface area contributed by atoms with Crippen molar-refractivity contribution in [2.75, 3.05) is 51.1 Å². The molecular weight excluding hydrogens is 631 g/mol. The number of methoxy groups -OCH3 is 2. The molecule has 0 unspecified atom stereocenters. The Balaban J connectivity index is 1.57. The highest BCUT2D eigenvalue weighted by Crippen LogP contribution is 2.45. The van der Waals surface area contributed by atoms with Gasteiger partial charge in [-0.15, -0.1) is 0 Å². The lowest BCUT2D eigenvalue weighted by Crippen LogP contribution is -2.43. The summed E-state index contributed by atoms with van der Waals surface area (Å²) in [7, 11) is 2.94. The number of fused-ring (bicyclic) bond motifs is 1. The highest BCUT2D eigenvalue weighted by molar-refractivity contribution is 6.41. The largest absolute Gasteiger partial charge is 0.495 e. The van der Waals surface area contributed by atoms with E-state index in [9.17, 15) is 14.7 Å². The maximum atomic E-state index is 14.3. The van der Waals surface area contributed by atoms with Crippen LogP contribution in [0.1, 0.15) is 18.4 Å². The molecule has 242 valence electrons. The van der Waals surface area contributed by atoms with Gasteiger partial charge in [-0.2, -0.15) is 4.98 Å². The molecule has 2 aromatic heterocycles. The van der Waals surface area contributed by atoms with Gasteiger partial charge in [0.05, 0.1) is 36.4 Å². The van der Waals surface area contributed by atoms with E-state index in [2.05, 4.69) is 27.5 Å². The van der Waals surface area contributed by atoms with Crippen LogP contribution in [0.4, 0.5) is 11.6 Å². The number of aliphatic hydroxyl groups is 1. The van der Waals surface area contributed by atoms with Crippen molar-refractivity contribution in [1.82, 2.24) is 19.9 Å². The monoisotopic (exact) mass is 666 g/mol. The summed E-state index contributed by atoms with van der Waals surface area (Å²) in [5.74, 6) is 0.655. The zero-order valence-corrected chi connectivity index (χ0v) is 27.2. The van der Waals surface area contributed by atoms with Gasteiger partial charge in [-0.1, -0.05) is 41.9 Å². The number of aliphatic hydroxyl groups excluding tert-OH is 1. The van der Waals surface area contributed by atoms with Crippen molar-refractivity contribution in [2.24, 2.45) is 5.41 Å². The minimum Gasteiger partial charge on any atom is -0.495 e. The second-order valence-electron chi connectivity index (χ2n) is 11.2. The number of anilines is 2. The molecule has 11 nitrogen and oxygen atoms in total. The van der Waals surface area contributed by atoms with Gasteiger partial charge >= 0.3 is 0 Å². The number of piperidine rings is 1. The molecule has 4 aromatic rings. The van der Waals surface area contributed by atoms with Crippen LogP contribution in [0.5, 0.6) is 11.5 Å². The number of halogens is 2. The Bertz CT molecular complexity index is 1780. The minimum absolute atomic E-state index is 0.0465. The molecule has 5 rings (SSSR count). The van der Waals surface area contributed by atoms with Crippen molar-refractivity contribution in [3.05, 3.63) is 81.2 Å². The smallest absolute Gasteiger partial charge is 0.260 e. The van der Waals surface area contributed by atoms with Crippen molar-refractivity contribution in [2.45, 2.75) is 25.8 Å². The Kier molecular flexibility index (Phi) is 10.5. The van der Waals surface area contributed by atoms with Crippen LogP contribution in [0.2, 0.25) is 10.0 Å². The van der Waals surface area contributed by atoms with Gasteiger partial charge in [0, 0.05) is 47.4 Å². The molecule has 0 atom stereocenters. The highest BCUT2D eigenvalue weighted by Gasteiger charge is 2.31. The van der Waals surface area contributed by atoms with Gasteiger partial charge in [-0.3, -0.25) is 14.2 Å². The SMILES string of the molecule is C=CC(=O)Nc1ccc(CCn2c(=O)c(-c3c(Cl)c(OC)cc(OC)c3Cl)cc3cnc(NCC4(CO)CCNCC4)nc32)cc1. The van der Waals surface area contributed by atoms with E-state index >= 15 is 0 Å². The predicted octanol–water partition coefficient (Wildman–Crippen LogP) is 4.92. The standard InChI is InChI=1S/C33H36Cl2N6O5/c1-4-26(43)39-22-7-5-20(6-8-22)9-14-41-30-21(17-37-32(40-30)38-18-33(19-42)10-12-36-13-11-33)15-23(31(41)44)27-28(34)24(45-2)16-25(46-3)29(27)35/h4-8,15-17,36,42H,1,9-14,18-19H2,2-3H3,(H,39,43)(H,37,38,40). The van der Waals surface area contributed by atoms with Crippen LogP contribution in [0, 0.1) is 5.41 Å². The Morgan fingerprint density at radius 2 is 1.80 bits per heavy atom. The molecular formula is C33H36Cl2N6O5. The third-order valence-corrected chi connectivity index (χ3v) is 9.07. The third-order valence-electron chi connectivity index (χ3n) is 8.32. The average Bonchev–Trinajstić information content (AvgIpc) is 3.08. The lowest BCUT2D eigenvalue weighted by atomic mass is 9.80. The Labute approximate surface area is 276 Å². The molecule has 1 aliphatic rings. The number of carbonyl (C=O) groups excluding carboxylic acids is 1. The van der Waals surface area contributed by atoms with Crippen LogP contribution >= 0.6 is 23.2 Å². The van der Waals surface area contributed by atoms with Gasteiger partial charge in [0.1, 0.15) is 17.1 Å². The van der Waals surface area contributed by atoms with Crippen LogP contribution < -0.4 is 31.0 Å². The molecule has 1 saturated heterocycles. The first-order valence-corrected chi connectivity index (χ1v) is 15.6. The number of nitrogens with zero attached hydrogens (tertiary/aromatic N) is 3. The van der Waals surface area contributed by atoms with E-state index in [1.165, 1.54) is 20.3 Å². The molecule has 3 heterocycles. The fourth-order valence-electron chi connectivity index (χ4n) is 5.56. The van der Waals surface area contributed by atoms with Gasteiger partial charge in [0.2, 0.25) is 11.9 Å². The van der Waals surface area contributed by atoms with Gasteiger partial charge < -0.3 is 30.5 Å². The Morgan fingerprint density at radius 3 is 2.41 bits per heavy atom. The number of rotatable bonds is 12. The van der Waals surface area contributed by atoms with E-state index < -0.39 is 0 Å². The Morgan fingerprint density at radius 1 is 1.13 bits per heavy atom. The number of nitrogens with one attached hydrogen (secondary N) is 3. The summed E-state index contributed by atoms with van der Waals surface area (Å²) in [6, 6.07) is 10.6. The first kappa shape index (κ1) is 33.2. The summed E-state index contributed by atoms with van der Waals surface area (Å²) in [6.45, 7) is 5.92. The number of aromatic nitrogens is 3. The van der Waals surface area contributed by atoms with Crippen molar-refractivity contribution >= 4 is 51.8 Å². The first-order valence-electron chi connectivity index (χ1n) is 14.8. The van der Waals surface area contributed by atoms with E-state index in [0.717, 1.165) is 31.5 Å². The molecule has 46 heavy (non-hydrogen) atoms. The fraction of sp³-hybridized carbons (Fsp3) is 0.333. The van der Waals surface area contributed by atoms with Gasteiger partial charge in [-0.05, 0) is 62.2 Å². The summed E-state index contributed by atoms with van der Waals surface area (Å²) in [4.78, 5) is 35.3. The number of ether oxygens (including phenoxy) is 2. The summed E-state index contributed by atoms with van der Waals surface area (Å²) < 4.78 is 12.5. The third kappa shape index (κ3) is 6.97. The molecule has 13 heteroatoms. The molecule has 1 amide bonds. The summed E-state index contributed by atoms with van der Waals surface area (Å²) in [5, 5.41) is 20.4. The van der Waals surface area contributed by atoms with Crippen LogP contribution in [0.15, 0.2) is 60.0 Å². The van der Waals surface area contributed by atoms with Crippen LogP contribution in [-0.2, 0) is 17.8 Å². The van der Waals surface area contributed by atoms with Crippen molar-refractivity contribution < 1.29 is 19.4 Å².